The van der Waals surface area contributed by atoms with Crippen molar-refractivity contribution in [2.45, 2.75) is 26.2 Å². The fourth-order valence-corrected chi connectivity index (χ4v) is 3.49. The third kappa shape index (κ3) is 3.38. The number of Topliss-reactive ketones (excluding diaryl/α,β-unsaturated/α-hetero) is 1. The molecule has 0 N–H and O–H groups in total. The summed E-state index contributed by atoms with van der Waals surface area (Å²) in [6.45, 7) is 3.21. The van der Waals surface area contributed by atoms with Gasteiger partial charge in [-0.3, -0.25) is 4.79 Å². The Kier molecular flexibility index (Phi) is 5.37. The van der Waals surface area contributed by atoms with Crippen molar-refractivity contribution >= 4 is 24.3 Å². The Hall–Kier alpha value is -1.52. The molecule has 1 aromatic rings. The molecule has 0 amide bonds. The van der Waals surface area contributed by atoms with Crippen molar-refractivity contribution in [1.82, 2.24) is 4.90 Å². The Labute approximate surface area is 143 Å². The molecule has 1 aromatic carbocycles. The molecule has 0 aromatic heterocycles. The van der Waals surface area contributed by atoms with Crippen LogP contribution in [0.5, 0.6) is 11.5 Å². The quantitative estimate of drug-likeness (QED) is 0.788. The first kappa shape index (κ1) is 17.8. The second-order valence-corrected chi connectivity index (χ2v) is 6.48. The molecule has 3 rings (SSSR count). The van der Waals surface area contributed by atoms with Gasteiger partial charge >= 0.3 is 0 Å². The molecule has 2 aliphatic rings. The molecule has 23 heavy (non-hydrogen) atoms. The highest BCUT2D eigenvalue weighted by molar-refractivity contribution is 6.05. The summed E-state index contributed by atoms with van der Waals surface area (Å²) in [4.78, 5) is 15.0. The minimum absolute atomic E-state index is 0. The predicted octanol–water partition coefficient (Wildman–Crippen LogP) is 3.54. The number of carbonyl (C=O) groups excluding carboxylic acids is 1. The van der Waals surface area contributed by atoms with E-state index in [9.17, 15) is 4.79 Å². The molecular formula is C18H24ClNO3. The second kappa shape index (κ2) is 6.93. The van der Waals surface area contributed by atoms with Gasteiger partial charge in [0.05, 0.1) is 0 Å². The number of fused-ring (bicyclic) bond motifs is 1. The van der Waals surface area contributed by atoms with Crippen LogP contribution in [0.4, 0.5) is 0 Å². The molecule has 4 nitrogen and oxygen atoms in total. The summed E-state index contributed by atoms with van der Waals surface area (Å²) in [6, 6.07) is 5.83. The van der Waals surface area contributed by atoms with Crippen molar-refractivity contribution in [3.63, 3.8) is 0 Å². The van der Waals surface area contributed by atoms with E-state index in [1.807, 2.05) is 38.4 Å². The predicted molar refractivity (Wildman–Crippen MR) is 93.3 cm³/mol. The molecule has 5 heteroatoms. The van der Waals surface area contributed by atoms with Crippen LogP contribution in [-0.4, -0.2) is 38.1 Å². The Balaban J connectivity index is 0.00000192. The van der Waals surface area contributed by atoms with E-state index < -0.39 is 0 Å². The Bertz CT molecular complexity index is 627. The van der Waals surface area contributed by atoms with Crippen molar-refractivity contribution in [1.29, 1.82) is 0 Å². The van der Waals surface area contributed by atoms with E-state index in [4.69, 9.17) is 9.47 Å². The van der Waals surface area contributed by atoms with Crippen molar-refractivity contribution < 1.29 is 14.3 Å². The number of halogens is 1. The smallest absolute Gasteiger partial charge is 0.231 e. The number of carbonyl (C=O) groups is 1. The number of benzene rings is 1. The fraction of sp³-hybridized carbons (Fsp3) is 0.500. The summed E-state index contributed by atoms with van der Waals surface area (Å²) < 4.78 is 10.7. The zero-order valence-corrected chi connectivity index (χ0v) is 14.7. The number of rotatable bonds is 4. The van der Waals surface area contributed by atoms with Gasteiger partial charge in [0.25, 0.3) is 0 Å². The third-order valence-electron chi connectivity index (χ3n) is 4.68. The maximum Gasteiger partial charge on any atom is 0.231 e. The summed E-state index contributed by atoms with van der Waals surface area (Å²) in [7, 11) is 4.06. The minimum atomic E-state index is -0.217. The molecular weight excluding hydrogens is 314 g/mol. The SMILES string of the molecule is CCC1(CN(C)C)CC/C(=C\c2ccc3c(c2)OCO3)C1=O.Cl. The van der Waals surface area contributed by atoms with Crippen LogP contribution in [0.15, 0.2) is 23.8 Å². The topological polar surface area (TPSA) is 38.8 Å². The van der Waals surface area contributed by atoms with Crippen LogP contribution >= 0.6 is 12.4 Å². The first-order valence-electron chi connectivity index (χ1n) is 7.84. The van der Waals surface area contributed by atoms with Crippen LogP contribution in [0.25, 0.3) is 6.08 Å². The molecule has 1 saturated carbocycles. The Morgan fingerprint density at radius 3 is 2.70 bits per heavy atom. The average molecular weight is 338 g/mol. The number of hydrogen-bond acceptors (Lipinski definition) is 4. The lowest BCUT2D eigenvalue weighted by molar-refractivity contribution is -0.123. The van der Waals surface area contributed by atoms with Gasteiger partial charge in [0.2, 0.25) is 6.79 Å². The molecule has 126 valence electrons. The summed E-state index contributed by atoms with van der Waals surface area (Å²) in [5, 5.41) is 0. The molecule has 0 saturated heterocycles. The van der Waals surface area contributed by atoms with Crippen molar-refractivity contribution in [3.05, 3.63) is 29.3 Å². The van der Waals surface area contributed by atoms with E-state index in [1.165, 1.54) is 0 Å². The van der Waals surface area contributed by atoms with Crippen LogP contribution in [0.2, 0.25) is 0 Å². The normalized spacial score (nSPS) is 24.3. The summed E-state index contributed by atoms with van der Waals surface area (Å²) in [5.41, 5.74) is 1.72. The largest absolute Gasteiger partial charge is 0.454 e. The lowest BCUT2D eigenvalue weighted by atomic mass is 9.81. The number of ether oxygens (including phenoxy) is 2. The van der Waals surface area contributed by atoms with Gasteiger partial charge in [-0.15, -0.1) is 12.4 Å². The van der Waals surface area contributed by atoms with Gasteiger partial charge < -0.3 is 14.4 Å². The molecule has 1 aliphatic heterocycles. The van der Waals surface area contributed by atoms with E-state index in [1.54, 1.807) is 0 Å². The number of nitrogens with zero attached hydrogens (tertiary/aromatic N) is 1. The van der Waals surface area contributed by atoms with Gasteiger partial charge in [0, 0.05) is 12.0 Å². The summed E-state index contributed by atoms with van der Waals surface area (Å²) in [6.07, 6.45) is 4.70. The molecule has 1 aliphatic carbocycles. The van der Waals surface area contributed by atoms with Gasteiger partial charge in [-0.2, -0.15) is 0 Å². The van der Waals surface area contributed by atoms with Gasteiger partial charge in [-0.1, -0.05) is 13.0 Å². The van der Waals surface area contributed by atoms with Gasteiger partial charge in [-0.05, 0) is 62.7 Å². The molecule has 1 unspecified atom stereocenters. The maximum atomic E-state index is 12.9. The van der Waals surface area contributed by atoms with Gasteiger partial charge in [0.1, 0.15) is 0 Å². The lowest BCUT2D eigenvalue weighted by Gasteiger charge is -2.28. The van der Waals surface area contributed by atoms with Crippen LogP contribution in [0.1, 0.15) is 31.7 Å². The zero-order valence-electron chi connectivity index (χ0n) is 13.9. The molecule has 0 radical (unpaired) electrons. The Morgan fingerprint density at radius 1 is 1.26 bits per heavy atom. The summed E-state index contributed by atoms with van der Waals surface area (Å²) >= 11 is 0. The number of ketones is 1. The van der Waals surface area contributed by atoms with Crippen LogP contribution in [-0.2, 0) is 4.79 Å². The molecule has 1 fully saturated rings. The maximum absolute atomic E-state index is 12.9. The number of hydrogen-bond donors (Lipinski definition) is 0. The fourth-order valence-electron chi connectivity index (χ4n) is 3.49. The van der Waals surface area contributed by atoms with E-state index >= 15 is 0 Å². The standard InChI is InChI=1S/C18H23NO3.ClH/c1-4-18(11-19(2)3)8-7-14(17(18)20)9-13-5-6-15-16(10-13)22-12-21-15;/h5-6,9-10H,4,7-8,11-12H2,1-3H3;1H/b14-9+;. The summed E-state index contributed by atoms with van der Waals surface area (Å²) in [5.74, 6) is 1.84. The first-order valence-corrected chi connectivity index (χ1v) is 7.84. The first-order chi connectivity index (χ1) is 10.5. The molecule has 1 atom stereocenters. The zero-order chi connectivity index (χ0) is 15.7. The number of allylic oxidation sites excluding steroid dienone is 1. The van der Waals surface area contributed by atoms with Crippen molar-refractivity contribution in [2.24, 2.45) is 5.41 Å². The van der Waals surface area contributed by atoms with E-state index in [-0.39, 0.29) is 24.6 Å². The van der Waals surface area contributed by atoms with Crippen molar-refractivity contribution in [2.75, 3.05) is 27.4 Å². The molecule has 1 heterocycles. The average Bonchev–Trinajstić information content (AvgIpc) is 3.06. The molecule has 0 bridgehead atoms. The van der Waals surface area contributed by atoms with E-state index in [2.05, 4.69) is 11.8 Å². The van der Waals surface area contributed by atoms with Gasteiger partial charge in [0.15, 0.2) is 17.3 Å². The third-order valence-corrected chi connectivity index (χ3v) is 4.68. The highest BCUT2D eigenvalue weighted by atomic mass is 35.5. The van der Waals surface area contributed by atoms with Crippen molar-refractivity contribution in [3.8, 4) is 11.5 Å². The van der Waals surface area contributed by atoms with Crippen LogP contribution < -0.4 is 9.47 Å². The lowest BCUT2D eigenvalue weighted by Crippen LogP contribution is -2.36. The highest BCUT2D eigenvalue weighted by Crippen LogP contribution is 2.42. The van der Waals surface area contributed by atoms with E-state index in [0.29, 0.717) is 5.78 Å². The van der Waals surface area contributed by atoms with Crippen LogP contribution in [0, 0.1) is 5.41 Å². The second-order valence-electron chi connectivity index (χ2n) is 6.48. The minimum Gasteiger partial charge on any atom is -0.454 e. The van der Waals surface area contributed by atoms with E-state index in [0.717, 1.165) is 48.4 Å². The Morgan fingerprint density at radius 2 is 2.00 bits per heavy atom. The monoisotopic (exact) mass is 337 g/mol. The highest BCUT2D eigenvalue weighted by Gasteiger charge is 2.43. The van der Waals surface area contributed by atoms with Crippen LogP contribution in [0.3, 0.4) is 0 Å². The molecule has 0 spiro atoms. The van der Waals surface area contributed by atoms with Gasteiger partial charge in [-0.25, -0.2) is 0 Å².